The predicted molar refractivity (Wildman–Crippen MR) is 77.3 cm³/mol. The number of ether oxygens (including phenoxy) is 2. The second kappa shape index (κ2) is 7.41. The number of nitrogens with two attached hydrogens (primary N) is 1. The predicted octanol–water partition coefficient (Wildman–Crippen LogP) is 2.06. The third kappa shape index (κ3) is 4.62. The Morgan fingerprint density at radius 1 is 1.30 bits per heavy atom. The van der Waals surface area contributed by atoms with Crippen LogP contribution < -0.4 is 5.73 Å². The van der Waals surface area contributed by atoms with Gasteiger partial charge in [-0.1, -0.05) is 30.3 Å². The Morgan fingerprint density at radius 2 is 2.05 bits per heavy atom. The summed E-state index contributed by atoms with van der Waals surface area (Å²) in [5.41, 5.74) is 7.04. The van der Waals surface area contributed by atoms with Gasteiger partial charge in [-0.15, -0.1) is 0 Å². The van der Waals surface area contributed by atoms with E-state index >= 15 is 0 Å². The SMILES string of the molecule is CC1CC(CCc2ccccc2)OCC[C@H](N)C(=O)O1. The van der Waals surface area contributed by atoms with Gasteiger partial charge in [-0.3, -0.25) is 4.79 Å². The van der Waals surface area contributed by atoms with E-state index in [0.717, 1.165) is 19.3 Å². The van der Waals surface area contributed by atoms with Crippen LogP contribution in [0.3, 0.4) is 0 Å². The van der Waals surface area contributed by atoms with Crippen LogP contribution in [0.25, 0.3) is 0 Å². The lowest BCUT2D eigenvalue weighted by molar-refractivity contribution is -0.150. The minimum Gasteiger partial charge on any atom is -0.461 e. The lowest BCUT2D eigenvalue weighted by Gasteiger charge is -2.20. The van der Waals surface area contributed by atoms with Crippen LogP contribution in [0.15, 0.2) is 30.3 Å². The molecular formula is C16H23NO3. The van der Waals surface area contributed by atoms with Crippen molar-refractivity contribution in [1.29, 1.82) is 0 Å². The highest BCUT2D eigenvalue weighted by molar-refractivity contribution is 5.75. The molecule has 4 nitrogen and oxygen atoms in total. The van der Waals surface area contributed by atoms with Crippen LogP contribution in [0.5, 0.6) is 0 Å². The zero-order valence-corrected chi connectivity index (χ0v) is 12.0. The molecule has 0 radical (unpaired) electrons. The average Bonchev–Trinajstić information content (AvgIpc) is 2.50. The first kappa shape index (κ1) is 15.0. The van der Waals surface area contributed by atoms with Crippen LogP contribution in [0.1, 0.15) is 31.7 Å². The van der Waals surface area contributed by atoms with Crippen LogP contribution in [0, 0.1) is 0 Å². The van der Waals surface area contributed by atoms with Crippen LogP contribution in [-0.4, -0.2) is 30.8 Å². The first-order chi connectivity index (χ1) is 9.65. The maximum Gasteiger partial charge on any atom is 0.323 e. The third-order valence-electron chi connectivity index (χ3n) is 3.60. The van der Waals surface area contributed by atoms with Crippen molar-refractivity contribution in [3.8, 4) is 0 Å². The van der Waals surface area contributed by atoms with E-state index in [4.69, 9.17) is 15.2 Å². The third-order valence-corrected chi connectivity index (χ3v) is 3.60. The van der Waals surface area contributed by atoms with Gasteiger partial charge >= 0.3 is 5.97 Å². The minimum absolute atomic E-state index is 0.114. The molecule has 1 heterocycles. The highest BCUT2D eigenvalue weighted by Crippen LogP contribution is 2.16. The Kier molecular flexibility index (Phi) is 5.56. The molecule has 2 N–H and O–H groups in total. The highest BCUT2D eigenvalue weighted by Gasteiger charge is 2.23. The summed E-state index contributed by atoms with van der Waals surface area (Å²) in [7, 11) is 0. The van der Waals surface area contributed by atoms with Gasteiger partial charge in [0.05, 0.1) is 6.10 Å². The van der Waals surface area contributed by atoms with Crippen LogP contribution in [0.2, 0.25) is 0 Å². The Hall–Kier alpha value is -1.39. The number of hydrogen-bond donors (Lipinski definition) is 1. The standard InChI is InChI=1S/C16H23NO3/c1-12-11-14(8-7-13-5-3-2-4-6-13)19-10-9-15(17)16(18)20-12/h2-6,12,14-15H,7-11,17H2,1H3/t12?,14?,15-/m0/s1. The minimum atomic E-state index is -0.565. The van der Waals surface area contributed by atoms with E-state index in [9.17, 15) is 4.79 Å². The second-order valence-corrected chi connectivity index (χ2v) is 5.40. The van der Waals surface area contributed by atoms with Gasteiger partial charge in [0, 0.05) is 13.0 Å². The Labute approximate surface area is 120 Å². The first-order valence-electron chi connectivity index (χ1n) is 7.26. The molecule has 20 heavy (non-hydrogen) atoms. The number of rotatable bonds is 3. The molecule has 0 bridgehead atoms. The van der Waals surface area contributed by atoms with Crippen LogP contribution in [0.4, 0.5) is 0 Å². The molecule has 0 spiro atoms. The summed E-state index contributed by atoms with van der Waals surface area (Å²) in [6, 6.07) is 9.78. The average molecular weight is 277 g/mol. The Morgan fingerprint density at radius 3 is 2.80 bits per heavy atom. The topological polar surface area (TPSA) is 61.5 Å². The molecular weight excluding hydrogens is 254 g/mol. The van der Waals surface area contributed by atoms with E-state index in [1.165, 1.54) is 5.56 Å². The lowest BCUT2D eigenvalue weighted by atomic mass is 10.0. The van der Waals surface area contributed by atoms with Crippen molar-refractivity contribution in [3.63, 3.8) is 0 Å². The van der Waals surface area contributed by atoms with Gasteiger partial charge in [0.25, 0.3) is 0 Å². The van der Waals surface area contributed by atoms with E-state index in [1.807, 2.05) is 25.1 Å². The van der Waals surface area contributed by atoms with Gasteiger partial charge in [0.2, 0.25) is 0 Å². The van der Waals surface area contributed by atoms with E-state index in [1.54, 1.807) is 0 Å². The summed E-state index contributed by atoms with van der Waals surface area (Å²) in [5, 5.41) is 0. The van der Waals surface area contributed by atoms with Gasteiger partial charge in [-0.05, 0) is 31.7 Å². The van der Waals surface area contributed by atoms with E-state index in [0.29, 0.717) is 13.0 Å². The number of hydrogen-bond acceptors (Lipinski definition) is 4. The Bertz CT molecular complexity index is 421. The molecule has 4 heteroatoms. The monoisotopic (exact) mass is 277 g/mol. The molecule has 2 unspecified atom stereocenters. The van der Waals surface area contributed by atoms with Gasteiger partial charge in [-0.25, -0.2) is 0 Å². The summed E-state index contributed by atoms with van der Waals surface area (Å²) in [6.07, 6.45) is 3.12. The quantitative estimate of drug-likeness (QED) is 0.859. The number of esters is 1. The largest absolute Gasteiger partial charge is 0.461 e. The number of carbonyl (C=O) groups is 1. The molecule has 1 aromatic rings. The zero-order valence-electron chi connectivity index (χ0n) is 12.0. The van der Waals surface area contributed by atoms with Gasteiger partial charge < -0.3 is 15.2 Å². The first-order valence-corrected chi connectivity index (χ1v) is 7.26. The maximum absolute atomic E-state index is 11.6. The van der Waals surface area contributed by atoms with E-state index < -0.39 is 6.04 Å². The molecule has 2 rings (SSSR count). The molecule has 1 fully saturated rings. The highest BCUT2D eigenvalue weighted by atomic mass is 16.5. The summed E-state index contributed by atoms with van der Waals surface area (Å²) in [5.74, 6) is -0.315. The second-order valence-electron chi connectivity index (χ2n) is 5.40. The molecule has 0 amide bonds. The van der Waals surface area contributed by atoms with Crippen LogP contribution >= 0.6 is 0 Å². The number of carbonyl (C=O) groups excluding carboxylic acids is 1. The molecule has 0 aliphatic carbocycles. The molecule has 0 aromatic heterocycles. The number of aryl methyl sites for hydroxylation is 1. The van der Waals surface area contributed by atoms with E-state index in [-0.39, 0.29) is 18.2 Å². The van der Waals surface area contributed by atoms with Gasteiger partial charge in [0.1, 0.15) is 12.1 Å². The van der Waals surface area contributed by atoms with Crippen LogP contribution in [-0.2, 0) is 20.7 Å². The Balaban J connectivity index is 1.88. The fourth-order valence-corrected chi connectivity index (χ4v) is 2.43. The summed E-state index contributed by atoms with van der Waals surface area (Å²) in [6.45, 7) is 2.41. The summed E-state index contributed by atoms with van der Waals surface area (Å²) in [4.78, 5) is 11.6. The number of benzene rings is 1. The van der Waals surface area contributed by atoms with E-state index in [2.05, 4.69) is 12.1 Å². The number of cyclic esters (lactones) is 1. The lowest BCUT2D eigenvalue weighted by Crippen LogP contribution is -2.34. The van der Waals surface area contributed by atoms with Gasteiger partial charge in [0.15, 0.2) is 0 Å². The molecule has 3 atom stereocenters. The molecule has 1 saturated heterocycles. The van der Waals surface area contributed by atoms with Crippen molar-refractivity contribution < 1.29 is 14.3 Å². The maximum atomic E-state index is 11.6. The fourth-order valence-electron chi connectivity index (χ4n) is 2.43. The van der Waals surface area contributed by atoms with Crippen molar-refractivity contribution in [2.45, 2.75) is 50.9 Å². The van der Waals surface area contributed by atoms with Crippen molar-refractivity contribution in [2.75, 3.05) is 6.61 Å². The molecule has 1 aliphatic rings. The normalized spacial score (nSPS) is 28.1. The van der Waals surface area contributed by atoms with Crippen molar-refractivity contribution >= 4 is 5.97 Å². The molecule has 110 valence electrons. The molecule has 1 aromatic carbocycles. The summed E-state index contributed by atoms with van der Waals surface area (Å²) >= 11 is 0. The summed E-state index contributed by atoms with van der Waals surface area (Å²) < 4.78 is 11.2. The van der Waals surface area contributed by atoms with Gasteiger partial charge in [-0.2, -0.15) is 0 Å². The fraction of sp³-hybridized carbons (Fsp3) is 0.562. The molecule has 1 aliphatic heterocycles. The van der Waals surface area contributed by atoms with Crippen molar-refractivity contribution in [2.24, 2.45) is 5.73 Å². The smallest absolute Gasteiger partial charge is 0.323 e. The zero-order chi connectivity index (χ0) is 14.4. The van der Waals surface area contributed by atoms with Crippen molar-refractivity contribution in [1.82, 2.24) is 0 Å². The molecule has 0 saturated carbocycles. The van der Waals surface area contributed by atoms with Crippen molar-refractivity contribution in [3.05, 3.63) is 35.9 Å².